The number of hydrogen-bond acceptors (Lipinski definition) is 2. The molecule has 1 heterocycles. The largest absolute Gasteiger partial charge is 0.333 e. The van der Waals surface area contributed by atoms with Gasteiger partial charge in [-0.1, -0.05) is 18.5 Å². The van der Waals surface area contributed by atoms with Gasteiger partial charge in [-0.05, 0) is 37.1 Å². The van der Waals surface area contributed by atoms with Crippen LogP contribution in [0.15, 0.2) is 18.2 Å². The van der Waals surface area contributed by atoms with Crippen molar-refractivity contribution in [3.8, 4) is 0 Å². The smallest absolute Gasteiger partial charge is 0.254 e. The molecule has 0 radical (unpaired) electrons. The third kappa shape index (κ3) is 2.68. The van der Waals surface area contributed by atoms with Crippen molar-refractivity contribution in [1.29, 1.82) is 0 Å². The van der Waals surface area contributed by atoms with Crippen LogP contribution >= 0.6 is 11.6 Å². The first kappa shape index (κ1) is 13.4. The number of amides is 1. The van der Waals surface area contributed by atoms with Crippen LogP contribution in [-0.4, -0.2) is 36.5 Å². The van der Waals surface area contributed by atoms with Crippen LogP contribution in [-0.2, 0) is 0 Å². The second-order valence-electron chi connectivity index (χ2n) is 4.77. The maximum absolute atomic E-state index is 12.5. The van der Waals surface area contributed by atoms with Crippen LogP contribution in [0.1, 0.15) is 29.3 Å². The van der Waals surface area contributed by atoms with Gasteiger partial charge in [0.05, 0.1) is 6.04 Å². The highest BCUT2D eigenvalue weighted by Gasteiger charge is 2.28. The number of rotatable bonds is 4. The summed E-state index contributed by atoms with van der Waals surface area (Å²) in [7, 11) is 0. The molecule has 3 nitrogen and oxygen atoms in total. The van der Waals surface area contributed by atoms with E-state index in [4.69, 9.17) is 11.6 Å². The highest BCUT2D eigenvalue weighted by atomic mass is 35.5. The first-order valence-electron chi connectivity index (χ1n) is 6.41. The minimum atomic E-state index is 0.114. The third-order valence-corrected chi connectivity index (χ3v) is 3.76. The molecule has 1 saturated heterocycles. The molecule has 2 rings (SSSR count). The normalized spacial score (nSPS) is 15.3. The first-order valence-corrected chi connectivity index (χ1v) is 6.79. The van der Waals surface area contributed by atoms with E-state index in [9.17, 15) is 4.79 Å². The van der Waals surface area contributed by atoms with Gasteiger partial charge >= 0.3 is 0 Å². The summed E-state index contributed by atoms with van der Waals surface area (Å²) in [5.41, 5.74) is 1.68. The Bertz CT molecular complexity index is 443. The molecule has 1 N–H and O–H groups in total. The number of carbonyl (C=O) groups excluding carboxylic acids is 1. The predicted octanol–water partition coefficient (Wildman–Crippen LogP) is 2.47. The van der Waals surface area contributed by atoms with E-state index in [1.807, 2.05) is 24.0 Å². The van der Waals surface area contributed by atoms with Crippen LogP contribution in [0.4, 0.5) is 0 Å². The van der Waals surface area contributed by atoms with E-state index in [-0.39, 0.29) is 5.91 Å². The molecule has 18 heavy (non-hydrogen) atoms. The van der Waals surface area contributed by atoms with E-state index in [0.717, 1.165) is 37.2 Å². The molecule has 1 fully saturated rings. The zero-order chi connectivity index (χ0) is 13.1. The van der Waals surface area contributed by atoms with Crippen molar-refractivity contribution in [2.75, 3.05) is 19.6 Å². The van der Waals surface area contributed by atoms with Crippen LogP contribution in [0.25, 0.3) is 0 Å². The highest BCUT2D eigenvalue weighted by Crippen LogP contribution is 2.19. The van der Waals surface area contributed by atoms with Crippen molar-refractivity contribution in [2.45, 2.75) is 26.3 Å². The van der Waals surface area contributed by atoms with Gasteiger partial charge < -0.3 is 10.2 Å². The van der Waals surface area contributed by atoms with Crippen molar-refractivity contribution >= 4 is 17.5 Å². The van der Waals surface area contributed by atoms with Crippen LogP contribution in [0.2, 0.25) is 5.02 Å². The van der Waals surface area contributed by atoms with E-state index < -0.39 is 0 Å². The number of nitrogens with zero attached hydrogens (tertiary/aromatic N) is 1. The topological polar surface area (TPSA) is 32.3 Å². The third-order valence-electron chi connectivity index (χ3n) is 3.33. The Hall–Kier alpha value is -1.06. The molecule has 0 spiro atoms. The minimum absolute atomic E-state index is 0.114. The van der Waals surface area contributed by atoms with Crippen molar-refractivity contribution < 1.29 is 4.79 Å². The average Bonchev–Trinajstić information content (AvgIpc) is 2.29. The minimum Gasteiger partial charge on any atom is -0.333 e. The predicted molar refractivity (Wildman–Crippen MR) is 74.2 cm³/mol. The SMILES string of the molecule is CCCN(C(=O)c1ccc(Cl)c(C)c1)C1CNC1. The fraction of sp³-hybridized carbons (Fsp3) is 0.500. The van der Waals surface area contributed by atoms with Crippen molar-refractivity contribution in [3.05, 3.63) is 34.3 Å². The van der Waals surface area contributed by atoms with Gasteiger partial charge in [0, 0.05) is 30.2 Å². The fourth-order valence-corrected chi connectivity index (χ4v) is 2.25. The lowest BCUT2D eigenvalue weighted by Gasteiger charge is -2.38. The monoisotopic (exact) mass is 266 g/mol. The van der Waals surface area contributed by atoms with Crippen LogP contribution in [0.5, 0.6) is 0 Å². The Morgan fingerprint density at radius 1 is 1.50 bits per heavy atom. The molecule has 0 bridgehead atoms. The Kier molecular flexibility index (Phi) is 4.25. The summed E-state index contributed by atoms with van der Waals surface area (Å²) in [6.45, 7) is 6.64. The average molecular weight is 267 g/mol. The number of nitrogens with one attached hydrogen (secondary N) is 1. The van der Waals surface area contributed by atoms with Gasteiger partial charge in [0.15, 0.2) is 0 Å². The van der Waals surface area contributed by atoms with Crippen LogP contribution in [0.3, 0.4) is 0 Å². The van der Waals surface area contributed by atoms with E-state index in [0.29, 0.717) is 11.1 Å². The highest BCUT2D eigenvalue weighted by molar-refractivity contribution is 6.31. The standard InChI is InChI=1S/C14H19ClN2O/c1-3-6-17(12-8-16-9-12)14(18)11-4-5-13(15)10(2)7-11/h4-5,7,12,16H,3,6,8-9H2,1-2H3. The molecule has 0 aromatic heterocycles. The van der Waals surface area contributed by atoms with Crippen LogP contribution < -0.4 is 5.32 Å². The lowest BCUT2D eigenvalue weighted by Crippen LogP contribution is -2.59. The second-order valence-corrected chi connectivity index (χ2v) is 5.18. The lowest BCUT2D eigenvalue weighted by atomic mass is 10.1. The molecule has 4 heteroatoms. The lowest BCUT2D eigenvalue weighted by molar-refractivity contribution is 0.0615. The van der Waals surface area contributed by atoms with Crippen molar-refractivity contribution in [2.24, 2.45) is 0 Å². The van der Waals surface area contributed by atoms with Crippen molar-refractivity contribution in [1.82, 2.24) is 10.2 Å². The van der Waals surface area contributed by atoms with E-state index in [2.05, 4.69) is 12.2 Å². The summed E-state index contributed by atoms with van der Waals surface area (Å²) in [5, 5.41) is 3.92. The van der Waals surface area contributed by atoms with E-state index in [1.54, 1.807) is 6.07 Å². The van der Waals surface area contributed by atoms with Gasteiger partial charge in [-0.15, -0.1) is 0 Å². The second kappa shape index (κ2) is 5.72. The summed E-state index contributed by atoms with van der Waals surface area (Å²) < 4.78 is 0. The molecule has 1 aromatic carbocycles. The molecular formula is C14H19ClN2O. The molecule has 0 saturated carbocycles. The molecule has 0 unspecified atom stereocenters. The van der Waals surface area contributed by atoms with Gasteiger partial charge in [0.1, 0.15) is 0 Å². The molecule has 1 aliphatic heterocycles. The molecule has 1 amide bonds. The van der Waals surface area contributed by atoms with Crippen LogP contribution in [0, 0.1) is 6.92 Å². The Labute approximate surface area is 113 Å². The van der Waals surface area contributed by atoms with Gasteiger partial charge in [-0.25, -0.2) is 0 Å². The zero-order valence-electron chi connectivity index (χ0n) is 10.9. The van der Waals surface area contributed by atoms with Gasteiger partial charge in [-0.3, -0.25) is 4.79 Å². The first-order chi connectivity index (χ1) is 8.63. The number of benzene rings is 1. The molecule has 0 aliphatic carbocycles. The van der Waals surface area contributed by atoms with Gasteiger partial charge in [-0.2, -0.15) is 0 Å². The van der Waals surface area contributed by atoms with Gasteiger partial charge in [0.25, 0.3) is 5.91 Å². The fourth-order valence-electron chi connectivity index (χ4n) is 2.13. The molecular weight excluding hydrogens is 248 g/mol. The Morgan fingerprint density at radius 2 is 2.22 bits per heavy atom. The summed E-state index contributed by atoms with van der Waals surface area (Å²) in [5.74, 6) is 0.114. The van der Waals surface area contributed by atoms with Gasteiger partial charge in [0.2, 0.25) is 0 Å². The van der Waals surface area contributed by atoms with Crippen molar-refractivity contribution in [3.63, 3.8) is 0 Å². The Morgan fingerprint density at radius 3 is 2.72 bits per heavy atom. The maximum Gasteiger partial charge on any atom is 0.254 e. The maximum atomic E-state index is 12.5. The Balaban J connectivity index is 2.18. The summed E-state index contributed by atoms with van der Waals surface area (Å²) in [6.07, 6.45) is 0.981. The number of halogens is 1. The van der Waals surface area contributed by atoms with E-state index in [1.165, 1.54) is 0 Å². The summed E-state index contributed by atoms with van der Waals surface area (Å²) in [4.78, 5) is 14.5. The molecule has 98 valence electrons. The molecule has 1 aromatic rings. The summed E-state index contributed by atoms with van der Waals surface area (Å²) in [6, 6.07) is 5.83. The molecule has 1 aliphatic rings. The number of hydrogen-bond donors (Lipinski definition) is 1. The number of aryl methyl sites for hydroxylation is 1. The summed E-state index contributed by atoms with van der Waals surface area (Å²) >= 11 is 5.99. The van der Waals surface area contributed by atoms with E-state index >= 15 is 0 Å². The quantitative estimate of drug-likeness (QED) is 0.908. The zero-order valence-corrected chi connectivity index (χ0v) is 11.6. The number of carbonyl (C=O) groups is 1. The molecule has 0 atom stereocenters.